The van der Waals surface area contributed by atoms with Gasteiger partial charge in [-0.2, -0.15) is 0 Å². The Hall–Kier alpha value is -2.86. The molecule has 6 heteroatoms. The standard InChI is InChI=1S/C23H29N3O3/c1-2-25-23(28)19-11-9-18(10-12-19)15-24-16-20-7-3-4-8-21(20)29-17-22(27)26-13-5-6-14-26/h3-4,7-12,24H,2,5-6,13-17H2,1H3,(H,25,28). The van der Waals surface area contributed by atoms with Crippen LogP contribution in [-0.2, 0) is 17.9 Å². The second-order valence-electron chi connectivity index (χ2n) is 7.14. The Bertz CT molecular complexity index is 814. The lowest BCUT2D eigenvalue weighted by Gasteiger charge is -2.17. The highest BCUT2D eigenvalue weighted by Crippen LogP contribution is 2.18. The summed E-state index contributed by atoms with van der Waals surface area (Å²) in [5.41, 5.74) is 2.78. The fourth-order valence-electron chi connectivity index (χ4n) is 3.37. The quantitative estimate of drug-likeness (QED) is 0.685. The first-order chi connectivity index (χ1) is 14.2. The first-order valence-corrected chi connectivity index (χ1v) is 10.2. The molecule has 3 rings (SSSR count). The third-order valence-corrected chi connectivity index (χ3v) is 4.98. The largest absolute Gasteiger partial charge is 0.483 e. The zero-order chi connectivity index (χ0) is 20.5. The van der Waals surface area contributed by atoms with Crippen LogP contribution in [0.25, 0.3) is 0 Å². The summed E-state index contributed by atoms with van der Waals surface area (Å²) >= 11 is 0. The molecule has 29 heavy (non-hydrogen) atoms. The monoisotopic (exact) mass is 395 g/mol. The lowest BCUT2D eigenvalue weighted by atomic mass is 10.1. The number of hydrogen-bond acceptors (Lipinski definition) is 4. The highest BCUT2D eigenvalue weighted by Gasteiger charge is 2.18. The van der Waals surface area contributed by atoms with Crippen molar-refractivity contribution < 1.29 is 14.3 Å². The van der Waals surface area contributed by atoms with Crippen molar-refractivity contribution in [3.05, 3.63) is 65.2 Å². The van der Waals surface area contributed by atoms with E-state index in [2.05, 4.69) is 10.6 Å². The van der Waals surface area contributed by atoms with Crippen LogP contribution in [0.15, 0.2) is 48.5 Å². The van der Waals surface area contributed by atoms with Crippen LogP contribution in [0, 0.1) is 0 Å². The summed E-state index contributed by atoms with van der Waals surface area (Å²) in [6.45, 7) is 5.59. The van der Waals surface area contributed by atoms with Crippen LogP contribution in [0.2, 0.25) is 0 Å². The van der Waals surface area contributed by atoms with E-state index in [9.17, 15) is 9.59 Å². The average molecular weight is 396 g/mol. The summed E-state index contributed by atoms with van der Waals surface area (Å²) in [6, 6.07) is 15.4. The van der Waals surface area contributed by atoms with Crippen LogP contribution in [0.1, 0.15) is 41.3 Å². The molecule has 6 nitrogen and oxygen atoms in total. The maximum absolute atomic E-state index is 12.2. The molecule has 1 saturated heterocycles. The topological polar surface area (TPSA) is 70.7 Å². The molecule has 0 radical (unpaired) electrons. The van der Waals surface area contributed by atoms with Gasteiger partial charge >= 0.3 is 0 Å². The Morgan fingerprint density at radius 3 is 2.45 bits per heavy atom. The second-order valence-corrected chi connectivity index (χ2v) is 7.14. The molecule has 0 saturated carbocycles. The van der Waals surface area contributed by atoms with E-state index in [4.69, 9.17) is 4.74 Å². The highest BCUT2D eigenvalue weighted by atomic mass is 16.5. The Labute approximate surface area is 172 Å². The minimum absolute atomic E-state index is 0.0532. The zero-order valence-corrected chi connectivity index (χ0v) is 16.9. The maximum Gasteiger partial charge on any atom is 0.260 e. The minimum atomic E-state index is -0.0541. The van der Waals surface area contributed by atoms with Gasteiger partial charge in [-0.3, -0.25) is 9.59 Å². The van der Waals surface area contributed by atoms with Gasteiger partial charge in [-0.05, 0) is 43.5 Å². The van der Waals surface area contributed by atoms with Gasteiger partial charge in [-0.15, -0.1) is 0 Å². The first kappa shape index (κ1) is 20.9. The summed E-state index contributed by atoms with van der Waals surface area (Å²) in [7, 11) is 0. The lowest BCUT2D eigenvalue weighted by Crippen LogP contribution is -2.32. The maximum atomic E-state index is 12.2. The van der Waals surface area contributed by atoms with Crippen molar-refractivity contribution in [3.8, 4) is 5.75 Å². The van der Waals surface area contributed by atoms with E-state index in [-0.39, 0.29) is 18.4 Å². The van der Waals surface area contributed by atoms with Crippen molar-refractivity contribution in [2.45, 2.75) is 32.9 Å². The van der Waals surface area contributed by atoms with E-state index in [1.165, 1.54) is 0 Å². The molecule has 1 aliphatic rings. The fraction of sp³-hybridized carbons (Fsp3) is 0.391. The van der Waals surface area contributed by atoms with Gasteiger partial charge in [0.15, 0.2) is 6.61 Å². The molecule has 154 valence electrons. The van der Waals surface area contributed by atoms with Gasteiger partial charge in [0.2, 0.25) is 0 Å². The van der Waals surface area contributed by atoms with Gasteiger partial charge in [-0.1, -0.05) is 30.3 Å². The molecule has 2 amide bonds. The summed E-state index contributed by atoms with van der Waals surface area (Å²) in [6.07, 6.45) is 2.16. The number of ether oxygens (including phenoxy) is 1. The molecule has 0 aliphatic carbocycles. The third-order valence-electron chi connectivity index (χ3n) is 4.98. The van der Waals surface area contributed by atoms with Gasteiger partial charge in [0.25, 0.3) is 11.8 Å². The molecule has 2 aromatic carbocycles. The van der Waals surface area contributed by atoms with E-state index in [1.807, 2.05) is 60.4 Å². The zero-order valence-electron chi connectivity index (χ0n) is 16.9. The molecule has 0 unspecified atom stereocenters. The number of amides is 2. The fourth-order valence-corrected chi connectivity index (χ4v) is 3.37. The van der Waals surface area contributed by atoms with Gasteiger partial charge in [-0.25, -0.2) is 0 Å². The van der Waals surface area contributed by atoms with E-state index in [1.54, 1.807) is 0 Å². The molecular weight excluding hydrogens is 366 g/mol. The summed E-state index contributed by atoms with van der Waals surface area (Å²) in [5, 5.41) is 6.19. The van der Waals surface area contributed by atoms with Crippen LogP contribution in [-0.4, -0.2) is 43.0 Å². The highest BCUT2D eigenvalue weighted by molar-refractivity contribution is 5.94. The Balaban J connectivity index is 1.49. The molecule has 1 fully saturated rings. The van der Waals surface area contributed by atoms with Crippen molar-refractivity contribution in [3.63, 3.8) is 0 Å². The number of para-hydroxylation sites is 1. The number of carbonyl (C=O) groups excluding carboxylic acids is 2. The number of nitrogens with one attached hydrogen (secondary N) is 2. The molecular formula is C23H29N3O3. The van der Waals surface area contributed by atoms with E-state index in [0.717, 1.165) is 42.8 Å². The van der Waals surface area contributed by atoms with E-state index < -0.39 is 0 Å². The third kappa shape index (κ3) is 6.06. The smallest absolute Gasteiger partial charge is 0.260 e. The molecule has 2 aromatic rings. The molecule has 1 heterocycles. The number of carbonyl (C=O) groups is 2. The second kappa shape index (κ2) is 10.6. The minimum Gasteiger partial charge on any atom is -0.483 e. The number of rotatable bonds is 9. The van der Waals surface area contributed by atoms with Crippen LogP contribution in [0.4, 0.5) is 0 Å². The summed E-state index contributed by atoms with van der Waals surface area (Å²) in [5.74, 6) is 0.734. The van der Waals surface area contributed by atoms with Gasteiger partial charge in [0, 0.05) is 43.9 Å². The number of hydrogen-bond donors (Lipinski definition) is 2. The Kier molecular flexibility index (Phi) is 7.64. The number of nitrogens with zero attached hydrogens (tertiary/aromatic N) is 1. The molecule has 0 spiro atoms. The van der Waals surface area contributed by atoms with E-state index in [0.29, 0.717) is 25.2 Å². The normalized spacial score (nSPS) is 13.3. The molecule has 1 aliphatic heterocycles. The Morgan fingerprint density at radius 2 is 1.72 bits per heavy atom. The van der Waals surface area contributed by atoms with Crippen LogP contribution >= 0.6 is 0 Å². The van der Waals surface area contributed by atoms with Crippen LogP contribution in [0.5, 0.6) is 5.75 Å². The first-order valence-electron chi connectivity index (χ1n) is 10.2. The molecule has 0 atom stereocenters. The van der Waals surface area contributed by atoms with Gasteiger partial charge in [0.05, 0.1) is 0 Å². The van der Waals surface area contributed by atoms with Crippen LogP contribution in [0.3, 0.4) is 0 Å². The van der Waals surface area contributed by atoms with Crippen molar-refractivity contribution in [2.24, 2.45) is 0 Å². The van der Waals surface area contributed by atoms with Crippen LogP contribution < -0.4 is 15.4 Å². The predicted molar refractivity (Wildman–Crippen MR) is 113 cm³/mol. The van der Waals surface area contributed by atoms with Crippen molar-refractivity contribution in [1.82, 2.24) is 15.5 Å². The number of likely N-dealkylation sites (tertiary alicyclic amines) is 1. The molecule has 2 N–H and O–H groups in total. The molecule has 0 bridgehead atoms. The average Bonchev–Trinajstić information content (AvgIpc) is 3.28. The van der Waals surface area contributed by atoms with Crippen molar-refractivity contribution in [1.29, 1.82) is 0 Å². The van der Waals surface area contributed by atoms with Crippen molar-refractivity contribution >= 4 is 11.8 Å². The van der Waals surface area contributed by atoms with Gasteiger partial charge in [0.1, 0.15) is 5.75 Å². The lowest BCUT2D eigenvalue weighted by molar-refractivity contribution is -0.132. The SMILES string of the molecule is CCNC(=O)c1ccc(CNCc2ccccc2OCC(=O)N2CCCC2)cc1. The molecule has 0 aromatic heterocycles. The predicted octanol–water partition coefficient (Wildman–Crippen LogP) is 2.73. The summed E-state index contributed by atoms with van der Waals surface area (Å²) in [4.78, 5) is 25.9. The summed E-state index contributed by atoms with van der Waals surface area (Å²) < 4.78 is 5.80. The number of benzene rings is 2. The van der Waals surface area contributed by atoms with E-state index >= 15 is 0 Å². The van der Waals surface area contributed by atoms with Crippen molar-refractivity contribution in [2.75, 3.05) is 26.2 Å². The van der Waals surface area contributed by atoms with Gasteiger partial charge < -0.3 is 20.3 Å². The Morgan fingerprint density at radius 1 is 1.00 bits per heavy atom.